The first-order chi connectivity index (χ1) is 10.1. The average molecular weight is 311 g/mol. The van der Waals surface area contributed by atoms with Crippen molar-refractivity contribution in [1.82, 2.24) is 9.55 Å². The van der Waals surface area contributed by atoms with Gasteiger partial charge in [0.2, 0.25) is 0 Å². The molecule has 0 N–H and O–H groups in total. The smallest absolute Gasteiger partial charge is 0.151 e. The minimum absolute atomic E-state index is 0.233. The van der Waals surface area contributed by atoms with E-state index in [1.165, 1.54) is 6.07 Å². The summed E-state index contributed by atoms with van der Waals surface area (Å²) in [6.45, 7) is 5.64. The molecule has 0 bridgehead atoms. The maximum atomic E-state index is 14.0. The fourth-order valence-electron chi connectivity index (χ4n) is 3.22. The number of ether oxygens (including phenoxy) is 1. The van der Waals surface area contributed by atoms with Gasteiger partial charge in [-0.3, -0.25) is 0 Å². The number of alkyl halides is 1. The van der Waals surface area contributed by atoms with Crippen LogP contribution in [0.25, 0.3) is 11.0 Å². The van der Waals surface area contributed by atoms with E-state index in [4.69, 9.17) is 16.3 Å². The third kappa shape index (κ3) is 2.67. The molecular formula is C16H20ClFN2O. The molecule has 1 aromatic heterocycles. The van der Waals surface area contributed by atoms with Crippen molar-refractivity contribution in [3.8, 4) is 0 Å². The van der Waals surface area contributed by atoms with Gasteiger partial charge in [-0.25, -0.2) is 9.37 Å². The van der Waals surface area contributed by atoms with Crippen LogP contribution in [0.4, 0.5) is 4.39 Å². The average Bonchev–Trinajstić information content (AvgIpc) is 2.88. The van der Waals surface area contributed by atoms with Crippen LogP contribution < -0.4 is 0 Å². The summed E-state index contributed by atoms with van der Waals surface area (Å²) < 4.78 is 21.6. The van der Waals surface area contributed by atoms with Crippen molar-refractivity contribution in [1.29, 1.82) is 0 Å². The first-order valence-electron chi connectivity index (χ1n) is 7.47. The van der Waals surface area contributed by atoms with Crippen molar-refractivity contribution in [2.24, 2.45) is 5.92 Å². The zero-order valence-corrected chi connectivity index (χ0v) is 13.1. The van der Waals surface area contributed by atoms with Gasteiger partial charge in [0.1, 0.15) is 11.3 Å². The number of imidazole rings is 1. The second-order valence-corrected chi connectivity index (χ2v) is 6.41. The van der Waals surface area contributed by atoms with Crippen LogP contribution in [0.2, 0.25) is 0 Å². The van der Waals surface area contributed by atoms with Crippen molar-refractivity contribution in [2.75, 3.05) is 13.2 Å². The molecule has 1 aliphatic heterocycles. The van der Waals surface area contributed by atoms with Crippen LogP contribution >= 0.6 is 11.6 Å². The minimum atomic E-state index is -0.288. The second kappa shape index (κ2) is 5.93. The normalized spacial score (nSPS) is 19.8. The van der Waals surface area contributed by atoms with Crippen LogP contribution in [0.15, 0.2) is 18.2 Å². The highest BCUT2D eigenvalue weighted by Crippen LogP contribution is 2.35. The SMILES string of the molecule is CC(Cl)c1nc2c(F)cccc2n1C(C)C1CCOCC1. The third-order valence-electron chi connectivity index (χ3n) is 4.41. The number of para-hydroxylation sites is 1. The van der Waals surface area contributed by atoms with Crippen molar-refractivity contribution < 1.29 is 9.13 Å². The largest absolute Gasteiger partial charge is 0.381 e. The van der Waals surface area contributed by atoms with Crippen molar-refractivity contribution in [2.45, 2.75) is 38.1 Å². The highest BCUT2D eigenvalue weighted by atomic mass is 35.5. The standard InChI is InChI=1S/C16H20ClFN2O/c1-10(17)16-19-15-13(18)4-3-5-14(15)20(16)11(2)12-6-8-21-9-7-12/h3-5,10-12H,6-9H2,1-2H3. The predicted octanol–water partition coefficient (Wildman–Crippen LogP) is 4.46. The maximum absolute atomic E-state index is 14.0. The molecule has 0 spiro atoms. The number of hydrogen-bond donors (Lipinski definition) is 0. The fourth-order valence-corrected chi connectivity index (χ4v) is 3.37. The molecule has 2 heterocycles. The van der Waals surface area contributed by atoms with Crippen LogP contribution in [0, 0.1) is 11.7 Å². The molecule has 3 rings (SSSR count). The van der Waals surface area contributed by atoms with E-state index < -0.39 is 0 Å². The Hall–Kier alpha value is -1.13. The molecule has 0 amide bonds. The van der Waals surface area contributed by atoms with Gasteiger partial charge in [0.15, 0.2) is 5.82 Å². The molecule has 3 nitrogen and oxygen atoms in total. The summed E-state index contributed by atoms with van der Waals surface area (Å²) in [5.74, 6) is 0.966. The number of aromatic nitrogens is 2. The molecule has 5 heteroatoms. The van der Waals surface area contributed by atoms with E-state index in [1.54, 1.807) is 6.07 Å². The molecule has 1 aliphatic rings. The molecule has 1 fully saturated rings. The van der Waals surface area contributed by atoms with Gasteiger partial charge in [0.25, 0.3) is 0 Å². The van der Waals surface area contributed by atoms with E-state index in [0.717, 1.165) is 37.4 Å². The van der Waals surface area contributed by atoms with E-state index in [0.29, 0.717) is 11.4 Å². The lowest BCUT2D eigenvalue weighted by atomic mass is 9.92. The number of nitrogens with zero attached hydrogens (tertiary/aromatic N) is 2. The van der Waals surface area contributed by atoms with E-state index >= 15 is 0 Å². The van der Waals surface area contributed by atoms with Crippen molar-refractivity contribution >= 4 is 22.6 Å². The Morgan fingerprint density at radius 3 is 2.71 bits per heavy atom. The van der Waals surface area contributed by atoms with Crippen molar-refractivity contribution in [3.63, 3.8) is 0 Å². The monoisotopic (exact) mass is 310 g/mol. The molecule has 0 radical (unpaired) electrons. The van der Waals surface area contributed by atoms with Crippen LogP contribution in [0.5, 0.6) is 0 Å². The Balaban J connectivity index is 2.10. The molecule has 114 valence electrons. The molecule has 1 aromatic carbocycles. The van der Waals surface area contributed by atoms with E-state index in [1.807, 2.05) is 13.0 Å². The summed E-state index contributed by atoms with van der Waals surface area (Å²) in [7, 11) is 0. The topological polar surface area (TPSA) is 27.1 Å². The predicted molar refractivity (Wildman–Crippen MR) is 82.2 cm³/mol. The summed E-state index contributed by atoms with van der Waals surface area (Å²) in [5, 5.41) is -0.251. The van der Waals surface area contributed by atoms with Crippen molar-refractivity contribution in [3.05, 3.63) is 29.8 Å². The molecule has 0 aliphatic carbocycles. The molecule has 2 atom stereocenters. The Morgan fingerprint density at radius 2 is 2.05 bits per heavy atom. The third-order valence-corrected chi connectivity index (χ3v) is 4.60. The maximum Gasteiger partial charge on any atom is 0.151 e. The van der Waals surface area contributed by atoms with Crippen LogP contribution in [0.1, 0.15) is 43.9 Å². The van der Waals surface area contributed by atoms with Gasteiger partial charge < -0.3 is 9.30 Å². The summed E-state index contributed by atoms with van der Waals surface area (Å²) in [6, 6.07) is 5.33. The van der Waals surface area contributed by atoms with Crippen LogP contribution in [-0.4, -0.2) is 22.8 Å². The molecule has 0 saturated carbocycles. The summed E-state index contributed by atoms with van der Waals surface area (Å²) >= 11 is 6.28. The van der Waals surface area contributed by atoms with Gasteiger partial charge in [-0.05, 0) is 44.7 Å². The van der Waals surface area contributed by atoms with Crippen LogP contribution in [0.3, 0.4) is 0 Å². The van der Waals surface area contributed by atoms with E-state index in [9.17, 15) is 4.39 Å². The fraction of sp³-hybridized carbons (Fsp3) is 0.562. The number of benzene rings is 1. The molecular weight excluding hydrogens is 291 g/mol. The molecule has 21 heavy (non-hydrogen) atoms. The lowest BCUT2D eigenvalue weighted by Crippen LogP contribution is -2.25. The van der Waals surface area contributed by atoms with E-state index in [2.05, 4.69) is 16.5 Å². The summed E-state index contributed by atoms with van der Waals surface area (Å²) in [6.07, 6.45) is 2.04. The Bertz CT molecular complexity index is 634. The number of halogens is 2. The second-order valence-electron chi connectivity index (χ2n) is 5.75. The number of hydrogen-bond acceptors (Lipinski definition) is 2. The lowest BCUT2D eigenvalue weighted by Gasteiger charge is -2.30. The number of fused-ring (bicyclic) bond motifs is 1. The molecule has 2 aromatic rings. The lowest BCUT2D eigenvalue weighted by molar-refractivity contribution is 0.0515. The molecule has 2 unspecified atom stereocenters. The number of rotatable bonds is 3. The van der Waals surface area contributed by atoms with Gasteiger partial charge in [-0.2, -0.15) is 0 Å². The van der Waals surface area contributed by atoms with Gasteiger partial charge in [-0.15, -0.1) is 11.6 Å². The highest BCUT2D eigenvalue weighted by Gasteiger charge is 2.27. The summed E-state index contributed by atoms with van der Waals surface area (Å²) in [5.41, 5.74) is 1.25. The summed E-state index contributed by atoms with van der Waals surface area (Å²) in [4.78, 5) is 4.45. The zero-order chi connectivity index (χ0) is 15.0. The van der Waals surface area contributed by atoms with Gasteiger partial charge >= 0.3 is 0 Å². The first-order valence-corrected chi connectivity index (χ1v) is 7.91. The Kier molecular flexibility index (Phi) is 4.18. The molecule has 1 saturated heterocycles. The first kappa shape index (κ1) is 14.8. The Labute approximate surface area is 129 Å². The van der Waals surface area contributed by atoms with Gasteiger partial charge in [0, 0.05) is 19.3 Å². The highest BCUT2D eigenvalue weighted by molar-refractivity contribution is 6.20. The Morgan fingerprint density at radius 1 is 1.33 bits per heavy atom. The quantitative estimate of drug-likeness (QED) is 0.782. The minimum Gasteiger partial charge on any atom is -0.381 e. The zero-order valence-electron chi connectivity index (χ0n) is 12.4. The van der Waals surface area contributed by atoms with Gasteiger partial charge in [0.05, 0.1) is 10.9 Å². The van der Waals surface area contributed by atoms with Gasteiger partial charge in [-0.1, -0.05) is 6.07 Å². The van der Waals surface area contributed by atoms with E-state index in [-0.39, 0.29) is 17.2 Å². The van der Waals surface area contributed by atoms with Crippen LogP contribution in [-0.2, 0) is 4.74 Å².